The largest absolute Gasteiger partial charge is 0.497 e. The highest BCUT2D eigenvalue weighted by atomic mass is 16.5. The fraction of sp³-hybridized carbons (Fsp3) is 0.206. The van der Waals surface area contributed by atoms with Crippen molar-refractivity contribution in [2.24, 2.45) is 0 Å². The van der Waals surface area contributed by atoms with E-state index in [0.29, 0.717) is 56.6 Å². The maximum atomic E-state index is 14.7. The quantitative estimate of drug-likeness (QED) is 0.176. The summed E-state index contributed by atoms with van der Waals surface area (Å²) in [5.41, 5.74) is 6.84. The molecule has 0 radical (unpaired) electrons. The number of nitrogen functional groups attached to an aromatic ring is 1. The number of pyridine rings is 2. The van der Waals surface area contributed by atoms with Crippen LogP contribution in [0.2, 0.25) is 0 Å². The number of carbonyl (C=O) groups excluding carboxylic acids is 1. The summed E-state index contributed by atoms with van der Waals surface area (Å²) in [6.07, 6.45) is 0. The van der Waals surface area contributed by atoms with E-state index in [4.69, 9.17) is 34.2 Å². The van der Waals surface area contributed by atoms with Crippen molar-refractivity contribution >= 4 is 22.6 Å². The highest BCUT2D eigenvalue weighted by Gasteiger charge is 2.28. The number of anilines is 1. The van der Waals surface area contributed by atoms with Crippen LogP contribution in [0, 0.1) is 0 Å². The first-order valence-electron chi connectivity index (χ1n) is 14.0. The maximum Gasteiger partial charge on any atom is 0.355 e. The van der Waals surface area contributed by atoms with Crippen LogP contribution in [-0.2, 0) is 11.3 Å². The minimum atomic E-state index is -0.799. The van der Waals surface area contributed by atoms with Crippen molar-refractivity contribution in [3.8, 4) is 45.6 Å². The lowest BCUT2D eigenvalue weighted by Gasteiger charge is -2.22. The van der Waals surface area contributed by atoms with Crippen LogP contribution >= 0.6 is 0 Å². The maximum absolute atomic E-state index is 14.7. The zero-order valence-electron chi connectivity index (χ0n) is 26.2. The Morgan fingerprint density at radius 1 is 0.739 bits per heavy atom. The Hall–Kier alpha value is -5.91. The second-order valence-corrected chi connectivity index (χ2v) is 10.1. The molecule has 0 spiro atoms. The Labute approximate surface area is 264 Å². The SMILES string of the molecule is COC(=O)c1c(-c2cc(OC)c(OC)c(OC)c2)c2ccc(=O)n(Cc3cc(OC)ccc3OC)c2c(=O)n1-c1ccc(N)cc1. The zero-order valence-corrected chi connectivity index (χ0v) is 26.2. The molecule has 5 aromatic rings. The lowest BCUT2D eigenvalue weighted by molar-refractivity contribution is 0.0591. The van der Waals surface area contributed by atoms with Crippen molar-refractivity contribution in [2.45, 2.75) is 6.54 Å². The molecule has 12 heteroatoms. The topological polar surface area (TPSA) is 142 Å². The van der Waals surface area contributed by atoms with E-state index in [1.165, 1.54) is 63.9 Å². The molecular weight excluding hydrogens is 594 g/mol. The van der Waals surface area contributed by atoms with Gasteiger partial charge in [-0.05, 0) is 66.2 Å². The summed E-state index contributed by atoms with van der Waals surface area (Å²) in [6, 6.07) is 17.7. The Morgan fingerprint density at radius 3 is 1.96 bits per heavy atom. The van der Waals surface area contributed by atoms with Gasteiger partial charge in [0, 0.05) is 34.0 Å². The van der Waals surface area contributed by atoms with E-state index in [-0.39, 0.29) is 23.3 Å². The van der Waals surface area contributed by atoms with E-state index in [2.05, 4.69) is 0 Å². The predicted molar refractivity (Wildman–Crippen MR) is 173 cm³/mol. The van der Waals surface area contributed by atoms with Gasteiger partial charge in [0.15, 0.2) is 11.5 Å². The molecule has 0 aliphatic heterocycles. The highest BCUT2D eigenvalue weighted by Crippen LogP contribution is 2.43. The van der Waals surface area contributed by atoms with E-state index in [1.807, 2.05) is 0 Å². The first-order chi connectivity index (χ1) is 22.2. The number of benzene rings is 3. The van der Waals surface area contributed by atoms with Crippen LogP contribution in [0.25, 0.3) is 27.7 Å². The molecule has 0 saturated heterocycles. The zero-order chi connectivity index (χ0) is 33.1. The predicted octanol–water partition coefficient (Wildman–Crippen LogP) is 4.28. The van der Waals surface area contributed by atoms with Crippen molar-refractivity contribution in [3.05, 3.63) is 98.7 Å². The fourth-order valence-corrected chi connectivity index (χ4v) is 5.47. The van der Waals surface area contributed by atoms with Gasteiger partial charge in [-0.25, -0.2) is 4.79 Å². The second-order valence-electron chi connectivity index (χ2n) is 10.1. The monoisotopic (exact) mass is 627 g/mol. The Bertz CT molecular complexity index is 2040. The van der Waals surface area contributed by atoms with Crippen LogP contribution in [0.1, 0.15) is 16.1 Å². The van der Waals surface area contributed by atoms with Crippen LogP contribution in [0.15, 0.2) is 76.3 Å². The van der Waals surface area contributed by atoms with Crippen molar-refractivity contribution in [2.75, 3.05) is 48.4 Å². The summed E-state index contributed by atoms with van der Waals surface area (Å²) in [6.45, 7) is -0.0558. The molecule has 2 aromatic heterocycles. The van der Waals surface area contributed by atoms with Gasteiger partial charge in [-0.1, -0.05) is 0 Å². The number of aromatic nitrogens is 2. The number of esters is 1. The fourth-order valence-electron chi connectivity index (χ4n) is 5.47. The number of nitrogens with zero attached hydrogens (tertiary/aromatic N) is 2. The number of hydrogen-bond acceptors (Lipinski definition) is 10. The molecule has 5 rings (SSSR count). The van der Waals surface area contributed by atoms with Crippen molar-refractivity contribution in [3.63, 3.8) is 0 Å². The first kappa shape index (κ1) is 31.5. The molecule has 0 aliphatic carbocycles. The minimum absolute atomic E-state index is 0.0191. The minimum Gasteiger partial charge on any atom is -0.497 e. The van der Waals surface area contributed by atoms with Gasteiger partial charge in [0.1, 0.15) is 22.7 Å². The highest BCUT2D eigenvalue weighted by molar-refractivity contribution is 6.07. The summed E-state index contributed by atoms with van der Waals surface area (Å²) < 4.78 is 35.5. The summed E-state index contributed by atoms with van der Waals surface area (Å²) >= 11 is 0. The standard InChI is InChI=1S/C34H33N3O9/c1-41-23-11-13-25(42-2)20(15-23)18-36-28(38)14-12-24-29(19-16-26(43-3)32(45-5)27(17-19)44-4)31(34(40)46-6)37(33(39)30(24)36)22-9-7-21(35)8-10-22/h7-17H,18,35H2,1-6H3. The molecule has 238 valence electrons. The molecule has 0 saturated carbocycles. The van der Waals surface area contributed by atoms with Gasteiger partial charge in [0.25, 0.3) is 11.1 Å². The van der Waals surface area contributed by atoms with Gasteiger partial charge in [-0.15, -0.1) is 0 Å². The molecule has 0 bridgehead atoms. The number of ether oxygens (including phenoxy) is 6. The van der Waals surface area contributed by atoms with Gasteiger partial charge < -0.3 is 34.2 Å². The van der Waals surface area contributed by atoms with E-state index in [0.717, 1.165) is 0 Å². The van der Waals surface area contributed by atoms with Gasteiger partial charge in [0.2, 0.25) is 5.75 Å². The normalized spacial score (nSPS) is 10.8. The van der Waals surface area contributed by atoms with Crippen molar-refractivity contribution in [1.29, 1.82) is 0 Å². The first-order valence-corrected chi connectivity index (χ1v) is 14.0. The van der Waals surface area contributed by atoms with Crippen LogP contribution in [0.3, 0.4) is 0 Å². The molecule has 0 aliphatic rings. The molecule has 0 atom stereocenters. The van der Waals surface area contributed by atoms with Gasteiger partial charge in [-0.2, -0.15) is 0 Å². The van der Waals surface area contributed by atoms with Crippen LogP contribution in [0.5, 0.6) is 28.7 Å². The lowest BCUT2D eigenvalue weighted by atomic mass is 9.96. The number of methoxy groups -OCH3 is 6. The third-order valence-electron chi connectivity index (χ3n) is 7.62. The Balaban J connectivity index is 2.00. The average Bonchev–Trinajstić information content (AvgIpc) is 3.08. The van der Waals surface area contributed by atoms with Crippen LogP contribution < -0.4 is 40.5 Å². The number of hydrogen-bond donors (Lipinski definition) is 1. The van der Waals surface area contributed by atoms with Gasteiger partial charge in [-0.3, -0.25) is 18.7 Å². The smallest absolute Gasteiger partial charge is 0.355 e. The molecule has 0 fully saturated rings. The summed E-state index contributed by atoms with van der Waals surface area (Å²) in [5.74, 6) is 1.16. The third-order valence-corrected chi connectivity index (χ3v) is 7.62. The van der Waals surface area contributed by atoms with Crippen LogP contribution in [0.4, 0.5) is 5.69 Å². The summed E-state index contributed by atoms with van der Waals surface area (Å²) in [5, 5.41) is 0.299. The molecule has 46 heavy (non-hydrogen) atoms. The van der Waals surface area contributed by atoms with Crippen LogP contribution in [-0.4, -0.2) is 57.8 Å². The summed E-state index contributed by atoms with van der Waals surface area (Å²) in [4.78, 5) is 42.0. The van der Waals surface area contributed by atoms with E-state index < -0.39 is 17.1 Å². The summed E-state index contributed by atoms with van der Waals surface area (Å²) in [7, 11) is 8.67. The number of nitrogens with two attached hydrogens (primary N) is 1. The Kier molecular flexibility index (Phi) is 8.89. The molecule has 0 amide bonds. The van der Waals surface area contributed by atoms with E-state index >= 15 is 0 Å². The van der Waals surface area contributed by atoms with Crippen molar-refractivity contribution < 1.29 is 33.2 Å². The second kappa shape index (κ2) is 13.0. The molecular formula is C34H33N3O9. The molecule has 2 heterocycles. The lowest BCUT2D eigenvalue weighted by Crippen LogP contribution is -2.32. The Morgan fingerprint density at radius 2 is 1.39 bits per heavy atom. The third kappa shape index (κ3) is 5.45. The van der Waals surface area contributed by atoms with Gasteiger partial charge in [0.05, 0.1) is 49.2 Å². The molecule has 12 nitrogen and oxygen atoms in total. The van der Waals surface area contributed by atoms with Crippen molar-refractivity contribution in [1.82, 2.24) is 9.13 Å². The average molecular weight is 628 g/mol. The molecule has 2 N–H and O–H groups in total. The molecule has 3 aromatic carbocycles. The van der Waals surface area contributed by atoms with E-state index in [1.54, 1.807) is 54.6 Å². The van der Waals surface area contributed by atoms with Gasteiger partial charge >= 0.3 is 5.97 Å². The number of rotatable bonds is 10. The number of carbonyl (C=O) groups is 1. The number of fused-ring (bicyclic) bond motifs is 1. The molecule has 0 unspecified atom stereocenters. The van der Waals surface area contributed by atoms with E-state index in [9.17, 15) is 14.4 Å².